The monoisotopic (exact) mass is 366 g/mol. The first-order valence-corrected chi connectivity index (χ1v) is 9.18. The maximum atomic E-state index is 11.6. The molecule has 2 rings (SSSR count). The summed E-state index contributed by atoms with van der Waals surface area (Å²) in [7, 11) is -0.480. The standard InChI is InChI=1S/C17H22N2O5S/c1-11-9-14(24-16(11)17(20)23-4)10-19(3)12(2)13-5-7-15(8-6-13)25(18,21)22/h5-9,12H,10H2,1-4H3,(H2,18,21,22). The number of carbonyl (C=O) groups is 1. The number of rotatable bonds is 6. The van der Waals surface area contributed by atoms with Crippen molar-refractivity contribution in [3.05, 3.63) is 53.0 Å². The highest BCUT2D eigenvalue weighted by atomic mass is 32.2. The van der Waals surface area contributed by atoms with Crippen LogP contribution in [0.4, 0.5) is 0 Å². The number of methoxy groups -OCH3 is 1. The summed E-state index contributed by atoms with van der Waals surface area (Å²) in [5, 5.41) is 5.11. The van der Waals surface area contributed by atoms with Crippen LogP contribution in [0.3, 0.4) is 0 Å². The van der Waals surface area contributed by atoms with Crippen LogP contribution in [0.25, 0.3) is 0 Å². The molecule has 1 heterocycles. The average Bonchev–Trinajstić information content (AvgIpc) is 2.93. The number of aryl methyl sites for hydroxylation is 1. The molecule has 0 saturated carbocycles. The van der Waals surface area contributed by atoms with E-state index >= 15 is 0 Å². The van der Waals surface area contributed by atoms with Crippen molar-refractivity contribution in [1.29, 1.82) is 0 Å². The van der Waals surface area contributed by atoms with E-state index < -0.39 is 16.0 Å². The van der Waals surface area contributed by atoms with E-state index in [9.17, 15) is 13.2 Å². The number of hydrogen-bond donors (Lipinski definition) is 1. The predicted molar refractivity (Wildman–Crippen MR) is 92.5 cm³/mol. The van der Waals surface area contributed by atoms with Gasteiger partial charge in [0.05, 0.1) is 18.6 Å². The van der Waals surface area contributed by atoms with Crippen molar-refractivity contribution in [2.75, 3.05) is 14.2 Å². The lowest BCUT2D eigenvalue weighted by atomic mass is 10.1. The van der Waals surface area contributed by atoms with E-state index in [2.05, 4.69) is 4.74 Å². The normalized spacial score (nSPS) is 13.0. The van der Waals surface area contributed by atoms with Gasteiger partial charge in [-0.05, 0) is 44.7 Å². The number of nitrogens with two attached hydrogens (primary N) is 1. The summed E-state index contributed by atoms with van der Waals surface area (Å²) >= 11 is 0. The van der Waals surface area contributed by atoms with Crippen LogP contribution in [-0.2, 0) is 21.3 Å². The Bertz CT molecular complexity index is 856. The number of furan rings is 1. The van der Waals surface area contributed by atoms with E-state index in [1.54, 1.807) is 25.1 Å². The summed E-state index contributed by atoms with van der Waals surface area (Å²) in [5.41, 5.74) is 1.66. The molecule has 0 aliphatic heterocycles. The molecule has 1 atom stereocenters. The molecule has 2 N–H and O–H groups in total. The van der Waals surface area contributed by atoms with E-state index in [0.29, 0.717) is 12.3 Å². The van der Waals surface area contributed by atoms with Crippen molar-refractivity contribution in [2.24, 2.45) is 5.14 Å². The van der Waals surface area contributed by atoms with Gasteiger partial charge < -0.3 is 9.15 Å². The zero-order chi connectivity index (χ0) is 18.8. The SMILES string of the molecule is COC(=O)c1oc(CN(C)C(C)c2ccc(S(N)(=O)=O)cc2)cc1C. The van der Waals surface area contributed by atoms with Crippen LogP contribution >= 0.6 is 0 Å². The van der Waals surface area contributed by atoms with Crippen LogP contribution in [0.1, 0.15) is 40.4 Å². The summed E-state index contributed by atoms with van der Waals surface area (Å²) in [6.45, 7) is 4.26. The van der Waals surface area contributed by atoms with Gasteiger partial charge in [-0.1, -0.05) is 12.1 Å². The number of nitrogens with zero attached hydrogens (tertiary/aromatic N) is 1. The van der Waals surface area contributed by atoms with Gasteiger partial charge in [-0.3, -0.25) is 4.90 Å². The zero-order valence-corrected chi connectivity index (χ0v) is 15.5. The number of esters is 1. The maximum Gasteiger partial charge on any atom is 0.374 e. The van der Waals surface area contributed by atoms with E-state index in [1.165, 1.54) is 19.2 Å². The molecule has 0 bridgehead atoms. The van der Waals surface area contributed by atoms with Gasteiger partial charge in [-0.25, -0.2) is 18.4 Å². The lowest BCUT2D eigenvalue weighted by molar-refractivity contribution is 0.0559. The molecule has 0 aliphatic rings. The maximum absolute atomic E-state index is 11.6. The zero-order valence-electron chi connectivity index (χ0n) is 14.6. The number of hydrogen-bond acceptors (Lipinski definition) is 6. The van der Waals surface area contributed by atoms with Crippen LogP contribution in [0.5, 0.6) is 0 Å². The second-order valence-electron chi connectivity index (χ2n) is 5.92. The fourth-order valence-electron chi connectivity index (χ4n) is 2.49. The third kappa shape index (κ3) is 4.47. The molecule has 0 spiro atoms. The predicted octanol–water partition coefficient (Wildman–Crippen LogP) is 2.22. The van der Waals surface area contributed by atoms with Crippen LogP contribution < -0.4 is 5.14 Å². The smallest absolute Gasteiger partial charge is 0.374 e. The van der Waals surface area contributed by atoms with Gasteiger partial charge in [-0.15, -0.1) is 0 Å². The van der Waals surface area contributed by atoms with E-state index in [-0.39, 0.29) is 16.7 Å². The molecule has 1 unspecified atom stereocenters. The Kier molecular flexibility index (Phi) is 5.66. The number of carbonyl (C=O) groups excluding carboxylic acids is 1. The van der Waals surface area contributed by atoms with Crippen molar-refractivity contribution < 1.29 is 22.4 Å². The third-order valence-corrected chi connectivity index (χ3v) is 5.03. The minimum atomic E-state index is -3.70. The van der Waals surface area contributed by atoms with E-state index in [1.807, 2.05) is 18.9 Å². The molecule has 25 heavy (non-hydrogen) atoms. The summed E-state index contributed by atoms with van der Waals surface area (Å²) in [6.07, 6.45) is 0. The van der Waals surface area contributed by atoms with Crippen molar-refractivity contribution in [2.45, 2.75) is 31.3 Å². The van der Waals surface area contributed by atoms with Crippen LogP contribution in [0.15, 0.2) is 39.6 Å². The highest BCUT2D eigenvalue weighted by Crippen LogP contribution is 2.24. The van der Waals surface area contributed by atoms with Gasteiger partial charge >= 0.3 is 5.97 Å². The summed E-state index contributed by atoms with van der Waals surface area (Å²) in [4.78, 5) is 13.7. The van der Waals surface area contributed by atoms with Crippen molar-refractivity contribution >= 4 is 16.0 Å². The fraction of sp³-hybridized carbons (Fsp3) is 0.353. The number of ether oxygens (including phenoxy) is 1. The lowest BCUT2D eigenvalue weighted by Crippen LogP contribution is -2.22. The molecule has 1 aromatic carbocycles. The summed E-state index contributed by atoms with van der Waals surface area (Å²) < 4.78 is 32.9. The number of primary sulfonamides is 1. The molecule has 2 aromatic rings. The Labute approximate surface area is 147 Å². The molecule has 1 aromatic heterocycles. The molecule has 0 radical (unpaired) electrons. The van der Waals surface area contributed by atoms with E-state index in [4.69, 9.17) is 9.56 Å². The molecule has 0 amide bonds. The van der Waals surface area contributed by atoms with Crippen molar-refractivity contribution in [3.8, 4) is 0 Å². The molecule has 136 valence electrons. The summed E-state index contributed by atoms with van der Waals surface area (Å²) in [6, 6.07) is 8.24. The van der Waals surface area contributed by atoms with E-state index in [0.717, 1.165) is 11.1 Å². The molecule has 0 fully saturated rings. The topological polar surface area (TPSA) is 103 Å². The molecular weight excluding hydrogens is 344 g/mol. The number of sulfonamides is 1. The van der Waals surface area contributed by atoms with Gasteiger partial charge in [0, 0.05) is 11.6 Å². The van der Waals surface area contributed by atoms with Crippen LogP contribution in [-0.4, -0.2) is 33.4 Å². The Morgan fingerprint density at radius 3 is 2.44 bits per heavy atom. The largest absolute Gasteiger partial charge is 0.463 e. The highest BCUT2D eigenvalue weighted by Gasteiger charge is 2.19. The molecular formula is C17H22N2O5S. The first kappa shape index (κ1) is 19.2. The highest BCUT2D eigenvalue weighted by molar-refractivity contribution is 7.89. The van der Waals surface area contributed by atoms with Gasteiger partial charge in [0.15, 0.2) is 0 Å². The van der Waals surface area contributed by atoms with Crippen molar-refractivity contribution in [3.63, 3.8) is 0 Å². The molecule has 7 nitrogen and oxygen atoms in total. The van der Waals surface area contributed by atoms with Gasteiger partial charge in [0.1, 0.15) is 5.76 Å². The Hall–Kier alpha value is -2.16. The van der Waals surface area contributed by atoms with Crippen molar-refractivity contribution in [1.82, 2.24) is 4.90 Å². The second-order valence-corrected chi connectivity index (χ2v) is 7.48. The second kappa shape index (κ2) is 7.38. The first-order chi connectivity index (χ1) is 11.6. The summed E-state index contributed by atoms with van der Waals surface area (Å²) in [5.74, 6) is 0.350. The Morgan fingerprint density at radius 2 is 1.92 bits per heavy atom. The average molecular weight is 366 g/mol. The molecule has 0 saturated heterocycles. The Balaban J connectivity index is 2.12. The fourth-order valence-corrected chi connectivity index (χ4v) is 3.01. The van der Waals surface area contributed by atoms with Gasteiger partial charge in [-0.2, -0.15) is 0 Å². The van der Waals surface area contributed by atoms with Crippen LogP contribution in [0.2, 0.25) is 0 Å². The third-order valence-electron chi connectivity index (χ3n) is 4.10. The number of benzene rings is 1. The molecule has 8 heteroatoms. The molecule has 0 aliphatic carbocycles. The lowest BCUT2D eigenvalue weighted by Gasteiger charge is -2.24. The quantitative estimate of drug-likeness (QED) is 0.786. The van der Waals surface area contributed by atoms with Crippen LogP contribution in [0, 0.1) is 6.92 Å². The van der Waals surface area contributed by atoms with Gasteiger partial charge in [0.2, 0.25) is 15.8 Å². The minimum absolute atomic E-state index is 0.00140. The minimum Gasteiger partial charge on any atom is -0.463 e. The first-order valence-electron chi connectivity index (χ1n) is 7.64. The Morgan fingerprint density at radius 1 is 1.32 bits per heavy atom. The van der Waals surface area contributed by atoms with Gasteiger partial charge in [0.25, 0.3) is 0 Å².